The second-order valence-corrected chi connectivity index (χ2v) is 7.07. The third kappa shape index (κ3) is 1.34. The summed E-state index contributed by atoms with van der Waals surface area (Å²) >= 11 is 0. The molecule has 106 valence electrons. The molecule has 0 unspecified atom stereocenters. The lowest BCUT2D eigenvalue weighted by Crippen LogP contribution is -2.65. The van der Waals surface area contributed by atoms with E-state index >= 15 is 0 Å². The number of carbonyl (C=O) groups excluding carboxylic acids is 1. The van der Waals surface area contributed by atoms with Crippen LogP contribution in [0.5, 0.6) is 0 Å². The van der Waals surface area contributed by atoms with Crippen LogP contribution in [-0.4, -0.2) is 23.6 Å². The van der Waals surface area contributed by atoms with Crippen LogP contribution in [0.15, 0.2) is 0 Å². The number of hydrogen-bond acceptors (Lipinski definition) is 4. The summed E-state index contributed by atoms with van der Waals surface area (Å²) in [6.07, 6.45) is 3.76. The van der Waals surface area contributed by atoms with Crippen molar-refractivity contribution in [1.29, 1.82) is 0 Å². The summed E-state index contributed by atoms with van der Waals surface area (Å²) in [5.41, 5.74) is -0.377. The number of fused-ring (bicyclic) bond motifs is 1. The van der Waals surface area contributed by atoms with Crippen molar-refractivity contribution in [1.82, 2.24) is 0 Å². The molecule has 0 aromatic carbocycles. The fraction of sp³-hybridized carbons (Fsp3) is 0.933. The van der Waals surface area contributed by atoms with Crippen molar-refractivity contribution in [2.24, 2.45) is 23.7 Å². The summed E-state index contributed by atoms with van der Waals surface area (Å²) in [4.78, 5) is 12.1. The maximum Gasteiger partial charge on any atom is 0.311 e. The zero-order valence-electron chi connectivity index (χ0n) is 11.8. The minimum Gasteiger partial charge on any atom is -0.432 e. The fourth-order valence-corrected chi connectivity index (χ4v) is 5.03. The minimum atomic E-state index is -0.555. The van der Waals surface area contributed by atoms with Gasteiger partial charge in [0.2, 0.25) is 6.29 Å². The number of ether oxygens (including phenoxy) is 3. The van der Waals surface area contributed by atoms with E-state index in [4.69, 9.17) is 14.2 Å². The first-order valence-corrected chi connectivity index (χ1v) is 7.55. The second kappa shape index (κ2) is 3.53. The molecule has 4 heteroatoms. The minimum absolute atomic E-state index is 0.0738. The van der Waals surface area contributed by atoms with Gasteiger partial charge in [0.1, 0.15) is 5.60 Å². The molecule has 4 fully saturated rings. The molecule has 0 aromatic rings. The van der Waals surface area contributed by atoms with Gasteiger partial charge in [-0.25, -0.2) is 0 Å². The van der Waals surface area contributed by atoms with Crippen molar-refractivity contribution in [3.63, 3.8) is 0 Å². The molecule has 3 heterocycles. The van der Waals surface area contributed by atoms with Crippen LogP contribution in [0.25, 0.3) is 0 Å². The largest absolute Gasteiger partial charge is 0.432 e. The first-order chi connectivity index (χ1) is 8.96. The highest BCUT2D eigenvalue weighted by Crippen LogP contribution is 2.62. The number of carbonyl (C=O) groups is 1. The summed E-state index contributed by atoms with van der Waals surface area (Å²) in [6, 6.07) is 0. The maximum absolute atomic E-state index is 12.1. The first kappa shape index (κ1) is 12.2. The van der Waals surface area contributed by atoms with Gasteiger partial charge in [-0.05, 0) is 38.0 Å². The zero-order valence-corrected chi connectivity index (χ0v) is 11.8. The molecule has 0 aromatic heterocycles. The van der Waals surface area contributed by atoms with E-state index in [2.05, 4.69) is 6.92 Å². The number of rotatable bonds is 0. The Labute approximate surface area is 113 Å². The predicted octanol–water partition coefficient (Wildman–Crippen LogP) is 2.46. The van der Waals surface area contributed by atoms with Gasteiger partial charge in [-0.3, -0.25) is 4.79 Å². The molecule has 1 spiro atoms. The topological polar surface area (TPSA) is 44.8 Å². The van der Waals surface area contributed by atoms with E-state index in [0.29, 0.717) is 11.8 Å². The molecule has 0 radical (unpaired) electrons. The number of esters is 1. The van der Waals surface area contributed by atoms with Crippen LogP contribution in [0.2, 0.25) is 0 Å². The predicted molar refractivity (Wildman–Crippen MR) is 67.0 cm³/mol. The van der Waals surface area contributed by atoms with Crippen LogP contribution in [0.4, 0.5) is 0 Å². The van der Waals surface area contributed by atoms with Crippen LogP contribution < -0.4 is 0 Å². The van der Waals surface area contributed by atoms with Crippen molar-refractivity contribution in [2.75, 3.05) is 0 Å². The quantitative estimate of drug-likeness (QED) is 0.632. The molecule has 4 rings (SSSR count). The van der Waals surface area contributed by atoms with Gasteiger partial charge in [0.05, 0.1) is 5.92 Å². The molecule has 4 nitrogen and oxygen atoms in total. The molecule has 3 aliphatic heterocycles. The fourth-order valence-electron chi connectivity index (χ4n) is 5.03. The second-order valence-electron chi connectivity index (χ2n) is 7.07. The highest BCUT2D eigenvalue weighted by molar-refractivity contribution is 5.74. The van der Waals surface area contributed by atoms with E-state index < -0.39 is 12.1 Å². The van der Waals surface area contributed by atoms with Gasteiger partial charge in [0, 0.05) is 12.3 Å². The smallest absolute Gasteiger partial charge is 0.311 e. The molecule has 1 saturated carbocycles. The molecule has 0 N–H and O–H groups in total. The Hall–Kier alpha value is -0.610. The van der Waals surface area contributed by atoms with Gasteiger partial charge in [-0.15, -0.1) is 0 Å². The zero-order chi connectivity index (χ0) is 13.4. The van der Waals surface area contributed by atoms with Crippen molar-refractivity contribution in [2.45, 2.75) is 64.1 Å². The van der Waals surface area contributed by atoms with Gasteiger partial charge in [0.25, 0.3) is 0 Å². The summed E-state index contributed by atoms with van der Waals surface area (Å²) in [6.45, 7) is 6.28. The maximum atomic E-state index is 12.1. The summed E-state index contributed by atoms with van der Waals surface area (Å²) in [7, 11) is 0. The Morgan fingerprint density at radius 1 is 1.16 bits per heavy atom. The lowest BCUT2D eigenvalue weighted by Gasteiger charge is -2.56. The van der Waals surface area contributed by atoms with E-state index in [-0.39, 0.29) is 23.4 Å². The van der Waals surface area contributed by atoms with E-state index in [1.165, 1.54) is 6.42 Å². The van der Waals surface area contributed by atoms with Crippen molar-refractivity contribution in [3.8, 4) is 0 Å². The Bertz CT molecular complexity index is 436. The number of hydrogen-bond donors (Lipinski definition) is 0. The first-order valence-electron chi connectivity index (χ1n) is 7.55. The monoisotopic (exact) mass is 266 g/mol. The SMILES string of the molecule is C[C@@H]1CC[C@@H]2[C@@H](C)C(=O)O[C@@H]3O[C@@]4(C)CC[C@@H]1[C@]32O4. The normalized spacial score (nSPS) is 59.5. The molecule has 1 aliphatic carbocycles. The van der Waals surface area contributed by atoms with Crippen LogP contribution in [0.3, 0.4) is 0 Å². The van der Waals surface area contributed by atoms with Crippen LogP contribution in [0.1, 0.15) is 46.5 Å². The molecule has 4 aliphatic rings. The van der Waals surface area contributed by atoms with Crippen LogP contribution in [-0.2, 0) is 19.0 Å². The van der Waals surface area contributed by atoms with Gasteiger partial charge >= 0.3 is 5.97 Å². The molecular weight excluding hydrogens is 244 g/mol. The highest BCUT2D eigenvalue weighted by atomic mass is 16.8. The van der Waals surface area contributed by atoms with Crippen LogP contribution in [0, 0.1) is 23.7 Å². The third-order valence-corrected chi connectivity index (χ3v) is 6.00. The lowest BCUT2D eigenvalue weighted by molar-refractivity contribution is -0.263. The van der Waals surface area contributed by atoms with Crippen LogP contribution >= 0.6 is 0 Å². The van der Waals surface area contributed by atoms with Gasteiger partial charge in [-0.2, -0.15) is 0 Å². The molecule has 19 heavy (non-hydrogen) atoms. The Morgan fingerprint density at radius 2 is 1.95 bits per heavy atom. The summed E-state index contributed by atoms with van der Waals surface area (Å²) in [5, 5.41) is 0. The van der Waals surface area contributed by atoms with Crippen molar-refractivity contribution in [3.05, 3.63) is 0 Å². The standard InChI is InChI=1S/C15H22O4/c1-8-4-5-11-9(2)12(16)17-13-15(11)10(8)6-7-14(3,18-13)19-15/h8-11,13H,4-7H2,1-3H3/t8-,9-,10+,11-,13-,14-,15-/m1/s1. The van der Waals surface area contributed by atoms with Gasteiger partial charge in [0.15, 0.2) is 5.79 Å². The van der Waals surface area contributed by atoms with Gasteiger partial charge < -0.3 is 14.2 Å². The van der Waals surface area contributed by atoms with E-state index in [0.717, 1.165) is 19.3 Å². The molecular formula is C15H22O4. The Morgan fingerprint density at radius 3 is 2.74 bits per heavy atom. The summed E-state index contributed by atoms with van der Waals surface area (Å²) in [5.74, 6) is 0.586. The summed E-state index contributed by atoms with van der Waals surface area (Å²) < 4.78 is 18.0. The average molecular weight is 266 g/mol. The highest BCUT2D eigenvalue weighted by Gasteiger charge is 2.72. The average Bonchev–Trinajstić information content (AvgIpc) is 2.56. The third-order valence-electron chi connectivity index (χ3n) is 6.00. The van der Waals surface area contributed by atoms with Gasteiger partial charge in [-0.1, -0.05) is 13.8 Å². The lowest BCUT2D eigenvalue weighted by atomic mass is 9.57. The van der Waals surface area contributed by atoms with E-state index in [1.807, 2.05) is 13.8 Å². The Balaban J connectivity index is 1.84. The molecule has 7 atom stereocenters. The molecule has 2 bridgehead atoms. The Kier molecular flexibility index (Phi) is 2.26. The van der Waals surface area contributed by atoms with E-state index in [9.17, 15) is 4.79 Å². The van der Waals surface area contributed by atoms with Crippen molar-refractivity contribution < 1.29 is 19.0 Å². The van der Waals surface area contributed by atoms with Crippen molar-refractivity contribution >= 4 is 5.97 Å². The van der Waals surface area contributed by atoms with E-state index in [1.54, 1.807) is 0 Å². The molecule has 0 amide bonds. The molecule has 3 saturated heterocycles.